The lowest BCUT2D eigenvalue weighted by Crippen LogP contribution is -2.22. The summed E-state index contributed by atoms with van der Waals surface area (Å²) in [6.07, 6.45) is 12.2. The third kappa shape index (κ3) is 4.82. The number of unbranched alkanes of at least 4 members (excludes halogenated alkanes) is 1. The molecular formula is C19H33NS. The Morgan fingerprint density at radius 1 is 1.19 bits per heavy atom. The smallest absolute Gasteiger partial charge is 0.0417 e. The second kappa shape index (κ2) is 8.95. The molecule has 1 heterocycles. The lowest BCUT2D eigenvalue weighted by molar-refractivity contribution is 0.359. The molecule has 0 radical (unpaired) electrons. The van der Waals surface area contributed by atoms with Crippen LogP contribution in [-0.2, 0) is 12.8 Å². The van der Waals surface area contributed by atoms with E-state index >= 15 is 0 Å². The van der Waals surface area contributed by atoms with Crippen molar-refractivity contribution in [2.24, 2.45) is 5.92 Å². The molecule has 2 heteroatoms. The molecule has 1 aliphatic rings. The van der Waals surface area contributed by atoms with E-state index in [1.54, 1.807) is 15.3 Å². The first-order valence-electron chi connectivity index (χ1n) is 9.13. The summed E-state index contributed by atoms with van der Waals surface area (Å²) in [7, 11) is 0. The fourth-order valence-corrected chi connectivity index (χ4v) is 4.89. The predicted molar refractivity (Wildman–Crippen MR) is 95.3 cm³/mol. The molecule has 2 rings (SSSR count). The predicted octanol–water partition coefficient (Wildman–Crippen LogP) is 5.88. The first-order valence-corrected chi connectivity index (χ1v) is 9.94. The second-order valence-corrected chi connectivity index (χ2v) is 7.74. The summed E-state index contributed by atoms with van der Waals surface area (Å²) in [6, 6.07) is 3.12. The molecule has 0 spiro atoms. The molecule has 1 aliphatic carbocycles. The minimum absolute atomic E-state index is 0.590. The van der Waals surface area contributed by atoms with Crippen LogP contribution in [0.3, 0.4) is 0 Å². The van der Waals surface area contributed by atoms with Crippen LogP contribution in [0.1, 0.15) is 87.1 Å². The summed E-state index contributed by atoms with van der Waals surface area (Å²) in [5.41, 5.74) is 1.66. The Morgan fingerprint density at radius 3 is 2.67 bits per heavy atom. The van der Waals surface area contributed by atoms with Gasteiger partial charge in [0.2, 0.25) is 0 Å². The molecule has 120 valence electrons. The van der Waals surface area contributed by atoms with Crippen molar-refractivity contribution < 1.29 is 0 Å². The standard InChI is InChI=1S/C19H33NS/c1-4-7-10-15(5-2)13-17(20-6-3)19-14-16-11-8-9-12-18(16)21-19/h14-15,17,20H,4-13H2,1-3H3. The van der Waals surface area contributed by atoms with Crippen molar-refractivity contribution in [3.63, 3.8) is 0 Å². The Balaban J connectivity index is 2.04. The maximum Gasteiger partial charge on any atom is 0.0417 e. The number of thiophene rings is 1. The fourth-order valence-electron chi connectivity index (χ4n) is 3.55. The Labute approximate surface area is 135 Å². The zero-order valence-electron chi connectivity index (χ0n) is 14.2. The molecule has 1 nitrogen and oxygen atoms in total. The number of fused-ring (bicyclic) bond motifs is 1. The topological polar surface area (TPSA) is 12.0 Å². The Bertz CT molecular complexity index is 386. The monoisotopic (exact) mass is 307 g/mol. The van der Waals surface area contributed by atoms with Gasteiger partial charge in [0.1, 0.15) is 0 Å². The molecule has 2 atom stereocenters. The van der Waals surface area contributed by atoms with Crippen LogP contribution in [-0.4, -0.2) is 6.54 Å². The maximum absolute atomic E-state index is 3.76. The van der Waals surface area contributed by atoms with Crippen molar-refractivity contribution in [3.8, 4) is 0 Å². The van der Waals surface area contributed by atoms with Gasteiger partial charge in [-0.2, -0.15) is 0 Å². The highest BCUT2D eigenvalue weighted by Gasteiger charge is 2.21. The van der Waals surface area contributed by atoms with Gasteiger partial charge < -0.3 is 5.32 Å². The van der Waals surface area contributed by atoms with Crippen LogP contribution < -0.4 is 5.32 Å². The largest absolute Gasteiger partial charge is 0.310 e. The molecule has 0 aliphatic heterocycles. The van der Waals surface area contributed by atoms with Gasteiger partial charge in [0.15, 0.2) is 0 Å². The third-order valence-corrected chi connectivity index (χ3v) is 6.27. The summed E-state index contributed by atoms with van der Waals surface area (Å²) in [5, 5.41) is 3.76. The van der Waals surface area contributed by atoms with Crippen LogP contribution >= 0.6 is 11.3 Å². The minimum Gasteiger partial charge on any atom is -0.310 e. The van der Waals surface area contributed by atoms with Gasteiger partial charge in [-0.15, -0.1) is 11.3 Å². The van der Waals surface area contributed by atoms with Crippen LogP contribution in [0.15, 0.2) is 6.07 Å². The van der Waals surface area contributed by atoms with Gasteiger partial charge in [-0.1, -0.05) is 46.5 Å². The van der Waals surface area contributed by atoms with Gasteiger partial charge in [0.25, 0.3) is 0 Å². The van der Waals surface area contributed by atoms with Crippen LogP contribution in [0, 0.1) is 5.92 Å². The summed E-state index contributed by atoms with van der Waals surface area (Å²) in [5.74, 6) is 0.883. The van der Waals surface area contributed by atoms with Gasteiger partial charge in [0.05, 0.1) is 0 Å². The van der Waals surface area contributed by atoms with Gasteiger partial charge in [-0.3, -0.25) is 0 Å². The van der Waals surface area contributed by atoms with Crippen molar-refractivity contribution in [3.05, 3.63) is 21.4 Å². The molecule has 21 heavy (non-hydrogen) atoms. The molecule has 0 saturated heterocycles. The van der Waals surface area contributed by atoms with E-state index in [1.807, 2.05) is 0 Å². The lowest BCUT2D eigenvalue weighted by Gasteiger charge is -2.22. The van der Waals surface area contributed by atoms with E-state index in [0.717, 1.165) is 12.5 Å². The molecule has 0 saturated carbocycles. The van der Waals surface area contributed by atoms with Crippen molar-refractivity contribution in [1.82, 2.24) is 5.32 Å². The number of aryl methyl sites for hydroxylation is 2. The van der Waals surface area contributed by atoms with Gasteiger partial charge in [-0.25, -0.2) is 0 Å². The summed E-state index contributed by atoms with van der Waals surface area (Å²) in [4.78, 5) is 3.29. The highest BCUT2D eigenvalue weighted by molar-refractivity contribution is 7.12. The van der Waals surface area contributed by atoms with Crippen LogP contribution in [0.5, 0.6) is 0 Å². The highest BCUT2D eigenvalue weighted by atomic mass is 32.1. The summed E-state index contributed by atoms with van der Waals surface area (Å²) >= 11 is 2.10. The molecular weight excluding hydrogens is 274 g/mol. The molecule has 1 N–H and O–H groups in total. The SMILES string of the molecule is CCCCC(CC)CC(NCC)c1cc2c(s1)CCCC2. The minimum atomic E-state index is 0.590. The van der Waals surface area contributed by atoms with Crippen LogP contribution in [0.25, 0.3) is 0 Å². The van der Waals surface area contributed by atoms with Crippen molar-refractivity contribution in [1.29, 1.82) is 0 Å². The van der Waals surface area contributed by atoms with E-state index in [1.165, 1.54) is 57.8 Å². The number of hydrogen-bond donors (Lipinski definition) is 1. The molecule has 0 aromatic carbocycles. The van der Waals surface area contributed by atoms with Crippen LogP contribution in [0.2, 0.25) is 0 Å². The average Bonchev–Trinajstić information content (AvgIpc) is 2.94. The van der Waals surface area contributed by atoms with E-state index < -0.39 is 0 Å². The molecule has 0 bridgehead atoms. The summed E-state index contributed by atoms with van der Waals surface area (Å²) in [6.45, 7) is 8.00. The van der Waals surface area contributed by atoms with E-state index in [0.29, 0.717) is 6.04 Å². The quantitative estimate of drug-likeness (QED) is 0.600. The zero-order chi connectivity index (χ0) is 15.1. The van der Waals surface area contributed by atoms with Crippen molar-refractivity contribution in [2.45, 2.75) is 84.6 Å². The molecule has 1 aromatic heterocycles. The van der Waals surface area contributed by atoms with Crippen LogP contribution in [0.4, 0.5) is 0 Å². The van der Waals surface area contributed by atoms with Gasteiger partial charge in [0, 0.05) is 15.8 Å². The molecule has 0 amide bonds. The van der Waals surface area contributed by atoms with Crippen molar-refractivity contribution in [2.75, 3.05) is 6.54 Å². The molecule has 1 aromatic rings. The van der Waals surface area contributed by atoms with E-state index in [-0.39, 0.29) is 0 Å². The number of nitrogens with one attached hydrogen (secondary N) is 1. The van der Waals surface area contributed by atoms with E-state index in [9.17, 15) is 0 Å². The lowest BCUT2D eigenvalue weighted by atomic mass is 9.91. The zero-order valence-corrected chi connectivity index (χ0v) is 15.0. The summed E-state index contributed by atoms with van der Waals surface area (Å²) < 4.78 is 0. The number of hydrogen-bond acceptors (Lipinski definition) is 2. The van der Waals surface area contributed by atoms with Gasteiger partial charge >= 0.3 is 0 Å². The second-order valence-electron chi connectivity index (χ2n) is 6.57. The van der Waals surface area contributed by atoms with Crippen molar-refractivity contribution >= 4 is 11.3 Å². The van der Waals surface area contributed by atoms with Gasteiger partial charge in [-0.05, 0) is 56.2 Å². The molecule has 0 fully saturated rings. The fraction of sp³-hybridized carbons (Fsp3) is 0.789. The average molecular weight is 308 g/mol. The number of rotatable bonds is 9. The first kappa shape index (κ1) is 17.0. The van der Waals surface area contributed by atoms with E-state index in [4.69, 9.17) is 0 Å². The first-order chi connectivity index (χ1) is 10.3. The highest BCUT2D eigenvalue weighted by Crippen LogP contribution is 2.36. The molecule has 2 unspecified atom stereocenters. The third-order valence-electron chi connectivity index (χ3n) is 4.92. The Kier molecular flexibility index (Phi) is 7.25. The van der Waals surface area contributed by atoms with E-state index in [2.05, 4.69) is 43.5 Å². The normalized spacial score (nSPS) is 17.5. The Morgan fingerprint density at radius 2 is 2.00 bits per heavy atom. The maximum atomic E-state index is 3.76. The Hall–Kier alpha value is -0.340.